The summed E-state index contributed by atoms with van der Waals surface area (Å²) >= 11 is 10.0. The van der Waals surface area contributed by atoms with Crippen LogP contribution in [0.15, 0.2) is 55.4 Å². The SMILES string of the molecule is CC(C)(C)c1ccn(Br)c1.CC(C)(C)c1ccn(Br)c1.CC(C)(C)c1ccn(Br)c1.OP(O)O. The van der Waals surface area contributed by atoms with Crippen LogP contribution in [0.1, 0.15) is 79.0 Å². The van der Waals surface area contributed by atoms with E-state index in [1.54, 1.807) is 0 Å². The van der Waals surface area contributed by atoms with E-state index < -0.39 is 8.60 Å². The van der Waals surface area contributed by atoms with Crippen molar-refractivity contribution < 1.29 is 14.7 Å². The molecule has 0 bridgehead atoms. The van der Waals surface area contributed by atoms with Crippen molar-refractivity contribution in [2.75, 3.05) is 0 Å². The van der Waals surface area contributed by atoms with Crippen molar-refractivity contribution in [2.24, 2.45) is 0 Å². The highest BCUT2D eigenvalue weighted by Gasteiger charge is 2.15. The second kappa shape index (κ2) is 14.4. The molecule has 3 rings (SSSR count). The molecule has 0 saturated heterocycles. The quantitative estimate of drug-likeness (QED) is 0.210. The van der Waals surface area contributed by atoms with Gasteiger partial charge in [-0.1, -0.05) is 62.3 Å². The van der Waals surface area contributed by atoms with E-state index in [0.29, 0.717) is 0 Å². The van der Waals surface area contributed by atoms with Crippen molar-refractivity contribution in [2.45, 2.75) is 78.6 Å². The molecule has 34 heavy (non-hydrogen) atoms. The molecule has 3 aromatic heterocycles. The molecule has 0 fully saturated rings. The van der Waals surface area contributed by atoms with Gasteiger partial charge in [0.25, 0.3) is 0 Å². The van der Waals surface area contributed by atoms with Gasteiger partial charge in [0.2, 0.25) is 0 Å². The molecule has 0 radical (unpaired) electrons. The van der Waals surface area contributed by atoms with Crippen LogP contribution in [0.5, 0.6) is 0 Å². The largest absolute Gasteiger partial charge is 0.328 e. The minimum Gasteiger partial charge on any atom is -0.328 e. The van der Waals surface area contributed by atoms with Gasteiger partial charge in [0, 0.05) is 37.2 Å². The van der Waals surface area contributed by atoms with Gasteiger partial charge in [0.15, 0.2) is 0 Å². The molecule has 0 aliphatic rings. The fourth-order valence-corrected chi connectivity index (χ4v) is 3.46. The summed E-state index contributed by atoms with van der Waals surface area (Å²) in [7, 11) is -2.62. The van der Waals surface area contributed by atoms with Crippen LogP contribution in [-0.4, -0.2) is 25.5 Å². The van der Waals surface area contributed by atoms with E-state index in [1.807, 2.05) is 29.4 Å². The summed E-state index contributed by atoms with van der Waals surface area (Å²) in [5, 5.41) is 0. The van der Waals surface area contributed by atoms with E-state index >= 15 is 0 Å². The lowest BCUT2D eigenvalue weighted by Crippen LogP contribution is -2.09. The Hall–Kier alpha value is -0.410. The predicted octanol–water partition coefficient (Wildman–Crippen LogP) is 8.02. The molecular formula is C24H39Br3N3O3P. The molecule has 0 aliphatic carbocycles. The maximum Gasteiger partial charge on any atom is 0.324 e. The lowest BCUT2D eigenvalue weighted by molar-refractivity contribution is 0.368. The first kappa shape index (κ1) is 33.6. The Kier molecular flexibility index (Phi) is 14.2. The van der Waals surface area contributed by atoms with Crippen molar-refractivity contribution in [1.29, 1.82) is 0 Å². The van der Waals surface area contributed by atoms with Crippen molar-refractivity contribution >= 4 is 57.0 Å². The van der Waals surface area contributed by atoms with Crippen molar-refractivity contribution in [3.63, 3.8) is 0 Å². The molecule has 0 saturated carbocycles. The Morgan fingerprint density at radius 3 is 0.765 bits per heavy atom. The minimum atomic E-state index is -2.62. The Labute approximate surface area is 232 Å². The molecule has 3 N–H and O–H groups in total. The van der Waals surface area contributed by atoms with E-state index in [2.05, 4.69) is 148 Å². The first-order valence-corrected chi connectivity index (χ1v) is 14.0. The van der Waals surface area contributed by atoms with Gasteiger partial charge >= 0.3 is 8.60 Å². The third-order valence-electron chi connectivity index (χ3n) is 4.57. The van der Waals surface area contributed by atoms with Crippen molar-refractivity contribution in [3.05, 3.63) is 72.1 Å². The number of halogens is 3. The molecule has 3 heterocycles. The monoisotopic (exact) mass is 685 g/mol. The van der Waals surface area contributed by atoms with Crippen LogP contribution in [0.25, 0.3) is 0 Å². The zero-order valence-corrected chi connectivity index (χ0v) is 27.1. The highest BCUT2D eigenvalue weighted by Crippen LogP contribution is 2.24. The van der Waals surface area contributed by atoms with E-state index in [-0.39, 0.29) is 16.2 Å². The average molecular weight is 688 g/mol. The number of hydrogen-bond acceptors (Lipinski definition) is 3. The number of hydrogen-bond donors (Lipinski definition) is 3. The Bertz CT molecular complexity index is 840. The highest BCUT2D eigenvalue weighted by atomic mass is 79.9. The second-order valence-corrected chi connectivity index (χ2v) is 13.7. The summed E-state index contributed by atoms with van der Waals surface area (Å²) in [5.74, 6) is 0. The molecule has 10 heteroatoms. The van der Waals surface area contributed by atoms with Crippen LogP contribution in [0.4, 0.5) is 0 Å². The first-order chi connectivity index (χ1) is 15.2. The molecular weight excluding hydrogens is 649 g/mol. The molecule has 0 aromatic carbocycles. The van der Waals surface area contributed by atoms with Crippen molar-refractivity contribution in [1.82, 2.24) is 10.8 Å². The van der Waals surface area contributed by atoms with Gasteiger partial charge in [0.1, 0.15) is 0 Å². The summed E-state index contributed by atoms with van der Waals surface area (Å²) in [5.41, 5.74) is 4.84. The van der Waals surface area contributed by atoms with Crippen LogP contribution >= 0.6 is 57.0 Å². The van der Waals surface area contributed by atoms with Crippen LogP contribution in [0.3, 0.4) is 0 Å². The van der Waals surface area contributed by atoms with Gasteiger partial charge in [-0.05, 0) is 51.1 Å². The average Bonchev–Trinajstić information content (AvgIpc) is 3.35. The fraction of sp³-hybridized carbons (Fsp3) is 0.500. The minimum absolute atomic E-state index is 0.263. The summed E-state index contributed by atoms with van der Waals surface area (Å²) in [6, 6.07) is 6.36. The molecule has 0 unspecified atom stereocenters. The topological polar surface area (TPSA) is 75.5 Å². The van der Waals surface area contributed by atoms with Gasteiger partial charge in [-0.3, -0.25) is 10.8 Å². The standard InChI is InChI=1S/3C8H12BrN.H3O3P/c3*1-8(2,3)7-4-5-10(9)6-7;1-4(2)3/h3*4-6H,1-3H3;1-3H. The third-order valence-corrected chi connectivity index (χ3v) is 5.90. The molecule has 194 valence electrons. The number of aromatic nitrogens is 3. The van der Waals surface area contributed by atoms with E-state index in [9.17, 15) is 0 Å². The van der Waals surface area contributed by atoms with Gasteiger partial charge < -0.3 is 14.7 Å². The summed E-state index contributed by atoms with van der Waals surface area (Å²) in [6.07, 6.45) is 12.3. The maximum atomic E-state index is 7.23. The fourth-order valence-electron chi connectivity index (χ4n) is 2.44. The van der Waals surface area contributed by atoms with Crippen LogP contribution in [0.2, 0.25) is 0 Å². The van der Waals surface area contributed by atoms with Gasteiger partial charge in [-0.25, -0.2) is 0 Å². The molecule has 0 aliphatic heterocycles. The zero-order valence-electron chi connectivity index (χ0n) is 21.5. The summed E-state index contributed by atoms with van der Waals surface area (Å²) in [6.45, 7) is 19.8. The second-order valence-electron chi connectivity index (χ2n) is 10.8. The smallest absolute Gasteiger partial charge is 0.324 e. The molecule has 0 amide bonds. The van der Waals surface area contributed by atoms with E-state index in [0.717, 1.165) is 0 Å². The van der Waals surface area contributed by atoms with Crippen molar-refractivity contribution in [3.8, 4) is 0 Å². The molecule has 6 nitrogen and oxygen atoms in total. The zero-order chi connectivity index (χ0) is 26.9. The van der Waals surface area contributed by atoms with Crippen LogP contribution in [0, 0.1) is 0 Å². The summed E-state index contributed by atoms with van der Waals surface area (Å²) in [4.78, 5) is 21.7. The number of rotatable bonds is 0. The molecule has 0 spiro atoms. The third kappa shape index (κ3) is 14.9. The first-order valence-electron chi connectivity index (χ1n) is 10.6. The summed E-state index contributed by atoms with van der Waals surface area (Å²) < 4.78 is 5.69. The van der Waals surface area contributed by atoms with Crippen LogP contribution < -0.4 is 0 Å². The number of nitrogens with zero attached hydrogens (tertiary/aromatic N) is 3. The van der Waals surface area contributed by atoms with Gasteiger partial charge in [-0.2, -0.15) is 0 Å². The van der Waals surface area contributed by atoms with E-state index in [4.69, 9.17) is 14.7 Å². The van der Waals surface area contributed by atoms with Crippen LogP contribution in [-0.2, 0) is 16.2 Å². The Morgan fingerprint density at radius 2 is 0.706 bits per heavy atom. The Balaban J connectivity index is 0.000000445. The van der Waals surface area contributed by atoms with Gasteiger partial charge in [-0.15, -0.1) is 0 Å². The molecule has 3 aromatic rings. The Morgan fingerprint density at radius 1 is 0.529 bits per heavy atom. The predicted molar refractivity (Wildman–Crippen MR) is 156 cm³/mol. The maximum absolute atomic E-state index is 7.23. The molecule has 0 atom stereocenters. The lowest BCUT2D eigenvalue weighted by atomic mass is 9.89. The van der Waals surface area contributed by atoms with Gasteiger partial charge in [0.05, 0.1) is 48.4 Å². The lowest BCUT2D eigenvalue weighted by Gasteiger charge is -2.15. The van der Waals surface area contributed by atoms with E-state index in [1.165, 1.54) is 16.7 Å². The highest BCUT2D eigenvalue weighted by molar-refractivity contribution is 9.08. The normalized spacial score (nSPS) is 11.6.